The van der Waals surface area contributed by atoms with Gasteiger partial charge in [0.25, 0.3) is 0 Å². The van der Waals surface area contributed by atoms with Gasteiger partial charge in [-0.15, -0.1) is 0 Å². The average molecular weight is 791 g/mol. The van der Waals surface area contributed by atoms with Crippen LogP contribution >= 0.6 is 0 Å². The number of rotatable bonds is 6. The highest BCUT2D eigenvalue weighted by Gasteiger charge is 2.51. The molecule has 10 aromatic rings. The highest BCUT2D eigenvalue weighted by molar-refractivity contribution is 5.90. The minimum atomic E-state index is -0.520. The average Bonchev–Trinajstić information content (AvgIpc) is 3.65. The highest BCUT2D eigenvalue weighted by atomic mass is 16.5. The van der Waals surface area contributed by atoms with Crippen molar-refractivity contribution >= 4 is 0 Å². The lowest BCUT2D eigenvalue weighted by molar-refractivity contribution is 0.436. The summed E-state index contributed by atoms with van der Waals surface area (Å²) in [6.07, 6.45) is 0. The first kappa shape index (κ1) is 35.8. The Kier molecular flexibility index (Phi) is 8.39. The standard InChI is InChI=1S/C59H38N2O/c1-3-17-39(18-4-1)46-25-7-8-28-49(46)55-38-54(40-19-5-2-6-20-40)60-58(61-55)45-24-16-23-43(36-45)41-21-15-22-42(35-41)44-33-34-57-53(37-44)59(52-31-13-14-32-56(52)62-57)50-29-11-9-26-47(50)48-27-10-12-30-51(48)59/h1-38H. The van der Waals surface area contributed by atoms with Gasteiger partial charge in [-0.3, -0.25) is 0 Å². The fourth-order valence-electron chi connectivity index (χ4n) is 9.80. The summed E-state index contributed by atoms with van der Waals surface area (Å²) in [7, 11) is 0. The van der Waals surface area contributed by atoms with Crippen LogP contribution in [0.3, 0.4) is 0 Å². The van der Waals surface area contributed by atoms with Crippen LogP contribution in [-0.4, -0.2) is 9.97 Å². The summed E-state index contributed by atoms with van der Waals surface area (Å²) in [6, 6.07) is 81.9. The van der Waals surface area contributed by atoms with Crippen LogP contribution in [0.2, 0.25) is 0 Å². The molecule has 0 saturated carbocycles. The van der Waals surface area contributed by atoms with Gasteiger partial charge in [-0.25, -0.2) is 9.97 Å². The lowest BCUT2D eigenvalue weighted by Crippen LogP contribution is -2.32. The first-order valence-electron chi connectivity index (χ1n) is 21.1. The Morgan fingerprint density at radius 1 is 0.274 bits per heavy atom. The summed E-state index contributed by atoms with van der Waals surface area (Å²) in [5.74, 6) is 2.46. The second-order valence-electron chi connectivity index (χ2n) is 16.1. The molecule has 3 heteroatoms. The molecule has 1 aliphatic carbocycles. The Morgan fingerprint density at radius 3 is 1.42 bits per heavy atom. The van der Waals surface area contributed by atoms with E-state index in [1.54, 1.807) is 0 Å². The maximum absolute atomic E-state index is 6.72. The first-order valence-corrected chi connectivity index (χ1v) is 21.1. The summed E-state index contributed by atoms with van der Waals surface area (Å²) in [5.41, 5.74) is 18.5. The fraction of sp³-hybridized carbons (Fsp3) is 0.0169. The molecule has 1 spiro atoms. The molecule has 0 fully saturated rings. The molecule has 0 radical (unpaired) electrons. The van der Waals surface area contributed by atoms with Crippen molar-refractivity contribution in [3.63, 3.8) is 0 Å². The Labute approximate surface area is 361 Å². The third-order valence-electron chi connectivity index (χ3n) is 12.6. The van der Waals surface area contributed by atoms with Gasteiger partial charge < -0.3 is 4.74 Å². The Hall–Kier alpha value is -8.14. The minimum Gasteiger partial charge on any atom is -0.457 e. The van der Waals surface area contributed by atoms with Gasteiger partial charge in [0.1, 0.15) is 11.5 Å². The Morgan fingerprint density at radius 2 is 0.742 bits per heavy atom. The van der Waals surface area contributed by atoms with Gasteiger partial charge in [0, 0.05) is 27.8 Å². The van der Waals surface area contributed by atoms with Crippen LogP contribution in [0.1, 0.15) is 22.3 Å². The van der Waals surface area contributed by atoms with E-state index in [4.69, 9.17) is 14.7 Å². The van der Waals surface area contributed by atoms with Gasteiger partial charge in [-0.05, 0) is 92.0 Å². The molecule has 2 heterocycles. The van der Waals surface area contributed by atoms with Crippen LogP contribution in [0.15, 0.2) is 231 Å². The van der Waals surface area contributed by atoms with Crippen LogP contribution in [0.4, 0.5) is 0 Å². The number of fused-ring (bicyclic) bond motifs is 9. The molecule has 9 aromatic carbocycles. The summed E-state index contributed by atoms with van der Waals surface area (Å²) in [4.78, 5) is 10.5. The zero-order chi connectivity index (χ0) is 41.0. The number of nitrogens with zero attached hydrogens (tertiary/aromatic N) is 2. The largest absolute Gasteiger partial charge is 0.457 e. The van der Waals surface area contributed by atoms with Gasteiger partial charge in [0.2, 0.25) is 0 Å². The highest BCUT2D eigenvalue weighted by Crippen LogP contribution is 2.62. The van der Waals surface area contributed by atoms with Crippen molar-refractivity contribution in [3.05, 3.63) is 253 Å². The molecule has 1 aromatic heterocycles. The SMILES string of the molecule is c1ccc(-c2cc(-c3ccccc3-c3ccccc3)nc(-c3cccc(-c4cccc(-c5ccc6c(c5)C5(c7ccccc7O6)c6ccccc6-c6ccccc65)c4)c3)n2)cc1. The van der Waals surface area contributed by atoms with Crippen molar-refractivity contribution < 1.29 is 4.74 Å². The van der Waals surface area contributed by atoms with Gasteiger partial charge in [-0.1, -0.05) is 194 Å². The van der Waals surface area contributed by atoms with Crippen LogP contribution in [0.25, 0.3) is 78.4 Å². The number of hydrogen-bond donors (Lipinski definition) is 0. The van der Waals surface area contributed by atoms with E-state index in [1.165, 1.54) is 22.3 Å². The Balaban J connectivity index is 0.968. The van der Waals surface area contributed by atoms with E-state index < -0.39 is 5.41 Å². The van der Waals surface area contributed by atoms with Gasteiger partial charge >= 0.3 is 0 Å². The molecular formula is C59H38N2O. The van der Waals surface area contributed by atoms with Crippen LogP contribution in [0, 0.1) is 0 Å². The fourth-order valence-corrected chi connectivity index (χ4v) is 9.80. The molecule has 3 nitrogen and oxygen atoms in total. The van der Waals surface area contributed by atoms with Gasteiger partial charge in [0.15, 0.2) is 5.82 Å². The summed E-state index contributed by atoms with van der Waals surface area (Å²) >= 11 is 0. The van der Waals surface area contributed by atoms with Crippen LogP contribution in [0.5, 0.6) is 11.5 Å². The van der Waals surface area contributed by atoms with E-state index >= 15 is 0 Å². The Bertz CT molecular complexity index is 3290. The zero-order valence-corrected chi connectivity index (χ0v) is 33.7. The first-order chi connectivity index (χ1) is 30.7. The van der Waals surface area contributed by atoms with Crippen molar-refractivity contribution in [2.24, 2.45) is 0 Å². The predicted molar refractivity (Wildman–Crippen MR) is 252 cm³/mol. The van der Waals surface area contributed by atoms with E-state index in [0.29, 0.717) is 5.82 Å². The lowest BCUT2D eigenvalue weighted by Gasteiger charge is -2.39. The molecule has 62 heavy (non-hydrogen) atoms. The quantitative estimate of drug-likeness (QED) is 0.168. The molecule has 12 rings (SSSR count). The van der Waals surface area contributed by atoms with Crippen molar-refractivity contribution in [1.29, 1.82) is 0 Å². The monoisotopic (exact) mass is 790 g/mol. The summed E-state index contributed by atoms with van der Waals surface area (Å²) in [6.45, 7) is 0. The molecule has 0 unspecified atom stereocenters. The number of para-hydroxylation sites is 1. The normalized spacial score (nSPS) is 12.8. The minimum absolute atomic E-state index is 0.520. The van der Waals surface area contributed by atoms with Gasteiger partial charge in [0.05, 0.1) is 16.8 Å². The molecule has 0 saturated heterocycles. The number of ether oxygens (including phenoxy) is 1. The smallest absolute Gasteiger partial charge is 0.160 e. The molecule has 0 bridgehead atoms. The third-order valence-corrected chi connectivity index (χ3v) is 12.6. The second kappa shape index (κ2) is 14.5. The third kappa shape index (κ3) is 5.74. The van der Waals surface area contributed by atoms with Crippen molar-refractivity contribution in [2.45, 2.75) is 5.41 Å². The van der Waals surface area contributed by atoms with Crippen molar-refractivity contribution in [3.8, 4) is 89.9 Å². The second-order valence-corrected chi connectivity index (χ2v) is 16.1. The molecular weight excluding hydrogens is 753 g/mol. The molecule has 0 atom stereocenters. The molecule has 290 valence electrons. The molecule has 0 amide bonds. The molecule has 1 aliphatic heterocycles. The molecule has 0 N–H and O–H groups in total. The van der Waals surface area contributed by atoms with Crippen molar-refractivity contribution in [1.82, 2.24) is 9.97 Å². The van der Waals surface area contributed by atoms with E-state index in [0.717, 1.165) is 84.1 Å². The summed E-state index contributed by atoms with van der Waals surface area (Å²) in [5, 5.41) is 0. The maximum atomic E-state index is 6.72. The van der Waals surface area contributed by atoms with E-state index in [9.17, 15) is 0 Å². The van der Waals surface area contributed by atoms with E-state index in [2.05, 4.69) is 224 Å². The van der Waals surface area contributed by atoms with E-state index in [-0.39, 0.29) is 0 Å². The lowest BCUT2D eigenvalue weighted by atomic mass is 9.66. The van der Waals surface area contributed by atoms with Crippen LogP contribution in [-0.2, 0) is 5.41 Å². The molecule has 2 aliphatic rings. The topological polar surface area (TPSA) is 35.0 Å². The van der Waals surface area contributed by atoms with E-state index in [1.807, 2.05) is 6.07 Å². The number of benzene rings is 9. The number of aromatic nitrogens is 2. The zero-order valence-electron chi connectivity index (χ0n) is 33.7. The van der Waals surface area contributed by atoms with Gasteiger partial charge in [-0.2, -0.15) is 0 Å². The van der Waals surface area contributed by atoms with Crippen LogP contribution < -0.4 is 4.74 Å². The number of hydrogen-bond acceptors (Lipinski definition) is 3. The predicted octanol–water partition coefficient (Wildman–Crippen LogP) is 14.9. The maximum Gasteiger partial charge on any atom is 0.160 e. The van der Waals surface area contributed by atoms with Crippen molar-refractivity contribution in [2.75, 3.05) is 0 Å². The summed E-state index contributed by atoms with van der Waals surface area (Å²) < 4.78 is 6.72.